The number of carboxylic acid groups (broad SMARTS) is 1. The van der Waals surface area contributed by atoms with Crippen molar-refractivity contribution in [1.29, 1.82) is 0 Å². The molecule has 0 aromatic rings. The normalized spacial score (nSPS) is 15.1. The maximum Gasteiger partial charge on any atom is 0.300 e. The van der Waals surface area contributed by atoms with E-state index in [1.54, 1.807) is 21.3 Å². The molecule has 0 rings (SSSR count). The summed E-state index contributed by atoms with van der Waals surface area (Å²) < 4.78 is 16.2. The van der Waals surface area contributed by atoms with Gasteiger partial charge in [-0.1, -0.05) is 0 Å². The van der Waals surface area contributed by atoms with Crippen molar-refractivity contribution in [2.24, 2.45) is 0 Å². The Morgan fingerprint density at radius 1 is 1.18 bits per heavy atom. The predicted molar refractivity (Wildman–Crippen MR) is 69.1 cm³/mol. The largest absolute Gasteiger partial charge is 0.481 e. The predicted octanol–water partition coefficient (Wildman–Crippen LogP) is -0.686. The maximum atomic E-state index is 9.00. The number of ether oxygens (including phenoxy) is 3. The molecule has 0 spiro atoms. The summed E-state index contributed by atoms with van der Waals surface area (Å²) in [5.74, 6) is -1.56. The summed E-state index contributed by atoms with van der Waals surface area (Å²) in [4.78, 5) is 11.0. The summed E-state index contributed by atoms with van der Waals surface area (Å²) in [6, 6.07) is 0. The van der Waals surface area contributed by atoms with Crippen LogP contribution in [0.5, 0.6) is 0 Å². The van der Waals surface area contributed by atoms with Gasteiger partial charge in [0.25, 0.3) is 5.97 Å². The number of aliphatic carboxylic acids is 1. The highest BCUT2D eigenvalue weighted by Gasteiger charge is 2.47. The fourth-order valence-corrected chi connectivity index (χ4v) is 1.64. The van der Waals surface area contributed by atoms with Gasteiger partial charge in [-0.2, -0.15) is 0 Å². The molecule has 1 N–H and O–H groups in total. The lowest BCUT2D eigenvalue weighted by atomic mass is 10.2. The molecule has 0 aliphatic heterocycles. The summed E-state index contributed by atoms with van der Waals surface area (Å²) in [7, 11) is 9.60. The highest BCUT2D eigenvalue weighted by atomic mass is 28.1. The second kappa shape index (κ2) is 7.78. The number of rotatable bonds is 5. The van der Waals surface area contributed by atoms with E-state index in [0.29, 0.717) is 0 Å². The lowest BCUT2D eigenvalue weighted by Crippen LogP contribution is -2.64. The average Bonchev–Trinajstić information content (AvgIpc) is 2.25. The van der Waals surface area contributed by atoms with Gasteiger partial charge in [-0.05, 0) is 21.0 Å². The van der Waals surface area contributed by atoms with E-state index in [1.807, 2.05) is 25.9 Å². The molecule has 0 heterocycles. The minimum atomic E-state index is -0.833. The van der Waals surface area contributed by atoms with Gasteiger partial charge in [-0.15, -0.1) is 0 Å². The molecular formula is C10H25NO5Si. The molecule has 0 aromatic heterocycles. The van der Waals surface area contributed by atoms with Crippen LogP contribution >= 0.6 is 0 Å². The molecule has 7 heteroatoms. The van der Waals surface area contributed by atoms with Gasteiger partial charge in [0.15, 0.2) is 0 Å². The minimum absolute atomic E-state index is 0.476. The quantitative estimate of drug-likeness (QED) is 0.525. The van der Waals surface area contributed by atoms with Crippen LogP contribution in [0.2, 0.25) is 0 Å². The number of carbonyl (C=O) groups is 1. The number of carboxylic acids is 1. The Hall–Kier alpha value is -0.473. The second-order valence-corrected chi connectivity index (χ2v) is 5.31. The van der Waals surface area contributed by atoms with E-state index < -0.39 is 17.1 Å². The molecule has 17 heavy (non-hydrogen) atoms. The van der Waals surface area contributed by atoms with Crippen LogP contribution in [0.4, 0.5) is 0 Å². The van der Waals surface area contributed by atoms with Crippen LogP contribution in [0.25, 0.3) is 0 Å². The first kappa shape index (κ1) is 18.9. The Balaban J connectivity index is 0. The van der Waals surface area contributed by atoms with Crippen molar-refractivity contribution in [3.8, 4) is 0 Å². The Labute approximate surface area is 106 Å². The lowest BCUT2D eigenvalue weighted by molar-refractivity contribution is -0.303. The van der Waals surface area contributed by atoms with Gasteiger partial charge in [0, 0.05) is 28.3 Å². The number of methoxy groups -OCH3 is 3. The fraction of sp³-hybridized carbons (Fsp3) is 0.900. The van der Waals surface area contributed by atoms with Crippen molar-refractivity contribution in [2.45, 2.75) is 25.0 Å². The van der Waals surface area contributed by atoms with Crippen LogP contribution in [0.15, 0.2) is 0 Å². The number of nitrogens with zero attached hydrogens (tertiary/aromatic N) is 1. The van der Waals surface area contributed by atoms with Gasteiger partial charge in [0.1, 0.15) is 5.35 Å². The van der Waals surface area contributed by atoms with Crippen LogP contribution in [0, 0.1) is 0 Å². The number of hydrogen-bond acceptors (Lipinski definition) is 5. The van der Waals surface area contributed by atoms with Crippen LogP contribution < -0.4 is 0 Å². The topological polar surface area (TPSA) is 68.2 Å². The van der Waals surface area contributed by atoms with Crippen molar-refractivity contribution < 1.29 is 24.1 Å². The molecule has 1 atom stereocenters. The first-order valence-electron chi connectivity index (χ1n) is 5.13. The van der Waals surface area contributed by atoms with Crippen molar-refractivity contribution in [1.82, 2.24) is 4.90 Å². The molecule has 0 aromatic carbocycles. The van der Waals surface area contributed by atoms with E-state index in [4.69, 9.17) is 24.1 Å². The zero-order valence-corrected chi connectivity index (χ0v) is 14.0. The van der Waals surface area contributed by atoms with Gasteiger partial charge in [0.2, 0.25) is 5.79 Å². The molecule has 0 amide bonds. The van der Waals surface area contributed by atoms with Crippen LogP contribution in [0.3, 0.4) is 0 Å². The molecule has 0 aliphatic carbocycles. The molecule has 6 nitrogen and oxygen atoms in total. The SMILES string of the molecule is CC(=O)O.COC(C)(OC)C([SiH3])(OC)N(C)C. The first-order chi connectivity index (χ1) is 7.61. The first-order valence-corrected chi connectivity index (χ1v) is 6.13. The van der Waals surface area contributed by atoms with E-state index in [2.05, 4.69) is 0 Å². The summed E-state index contributed by atoms with van der Waals surface area (Å²) >= 11 is 0. The molecule has 0 fully saturated rings. The third kappa shape index (κ3) is 5.13. The second-order valence-electron chi connectivity index (χ2n) is 3.95. The molecular weight excluding hydrogens is 242 g/mol. The molecule has 1 unspecified atom stereocenters. The fourth-order valence-electron chi connectivity index (χ4n) is 1.24. The zero-order chi connectivity index (χ0) is 14.3. The third-order valence-electron chi connectivity index (χ3n) is 2.87. The molecule has 0 saturated carbocycles. The highest BCUT2D eigenvalue weighted by Crippen LogP contribution is 2.28. The van der Waals surface area contributed by atoms with Gasteiger partial charge in [0.05, 0.1) is 10.2 Å². The Kier molecular flexibility index (Phi) is 8.64. The lowest BCUT2D eigenvalue weighted by Gasteiger charge is -2.47. The number of hydrogen-bond donors (Lipinski definition) is 1. The number of likely N-dealkylation sites (N-methyl/N-ethyl adjacent to an activating group) is 1. The zero-order valence-electron chi connectivity index (χ0n) is 12.0. The van der Waals surface area contributed by atoms with Gasteiger partial charge in [-0.25, -0.2) is 0 Å². The van der Waals surface area contributed by atoms with Crippen molar-refractivity contribution in [3.05, 3.63) is 0 Å². The van der Waals surface area contributed by atoms with E-state index in [0.717, 1.165) is 17.2 Å². The Bertz CT molecular complexity index is 229. The smallest absolute Gasteiger partial charge is 0.300 e. The van der Waals surface area contributed by atoms with Gasteiger partial charge < -0.3 is 19.3 Å². The molecule has 0 aliphatic rings. The summed E-state index contributed by atoms with van der Waals surface area (Å²) in [5.41, 5.74) is 0. The van der Waals surface area contributed by atoms with Crippen molar-refractivity contribution in [3.63, 3.8) is 0 Å². The standard InChI is InChI=1S/C8H21NO3Si.C2H4O2/c1-7(10-4,11-5)8(13,12-6)9(2)3;1-2(3)4/h1-6,13H3;1H3,(H,3,4). The Morgan fingerprint density at radius 3 is 1.53 bits per heavy atom. The van der Waals surface area contributed by atoms with E-state index in [-0.39, 0.29) is 0 Å². The van der Waals surface area contributed by atoms with Gasteiger partial charge in [-0.3, -0.25) is 9.69 Å². The average molecular weight is 267 g/mol. The third-order valence-corrected chi connectivity index (χ3v) is 5.08. The van der Waals surface area contributed by atoms with Crippen LogP contribution in [0.1, 0.15) is 13.8 Å². The van der Waals surface area contributed by atoms with E-state index >= 15 is 0 Å². The molecule has 0 saturated heterocycles. The van der Waals surface area contributed by atoms with Crippen molar-refractivity contribution >= 4 is 16.2 Å². The molecule has 0 bridgehead atoms. The summed E-state index contributed by atoms with van der Waals surface area (Å²) in [6.45, 7) is 2.96. The van der Waals surface area contributed by atoms with Crippen LogP contribution in [-0.4, -0.2) is 72.8 Å². The summed E-state index contributed by atoms with van der Waals surface area (Å²) in [5, 5.41) is 6.94. The monoisotopic (exact) mass is 267 g/mol. The summed E-state index contributed by atoms with van der Waals surface area (Å²) in [6.07, 6.45) is 0. The Morgan fingerprint density at radius 2 is 1.47 bits per heavy atom. The molecule has 0 radical (unpaired) electrons. The van der Waals surface area contributed by atoms with Gasteiger partial charge >= 0.3 is 0 Å². The van der Waals surface area contributed by atoms with Crippen LogP contribution in [-0.2, 0) is 19.0 Å². The minimum Gasteiger partial charge on any atom is -0.481 e. The molecule has 104 valence electrons. The van der Waals surface area contributed by atoms with E-state index in [1.165, 1.54) is 0 Å². The van der Waals surface area contributed by atoms with Crippen molar-refractivity contribution in [2.75, 3.05) is 35.4 Å². The highest BCUT2D eigenvalue weighted by molar-refractivity contribution is 6.14. The maximum absolute atomic E-state index is 9.00. The van der Waals surface area contributed by atoms with E-state index in [9.17, 15) is 0 Å².